The molecule has 1 aromatic heterocycles. The predicted octanol–water partition coefficient (Wildman–Crippen LogP) is 4.95. The van der Waals surface area contributed by atoms with Crippen LogP contribution < -0.4 is 15.4 Å². The Kier molecular flexibility index (Phi) is 6.07. The van der Waals surface area contributed by atoms with Crippen molar-refractivity contribution in [3.05, 3.63) is 95.9 Å². The lowest BCUT2D eigenvalue weighted by atomic mass is 10.1. The number of rotatable bonds is 6. The highest BCUT2D eigenvalue weighted by atomic mass is 19.1. The first-order valence-electron chi connectivity index (χ1n) is 9.95. The van der Waals surface area contributed by atoms with Gasteiger partial charge in [-0.15, -0.1) is 0 Å². The van der Waals surface area contributed by atoms with Gasteiger partial charge in [-0.3, -0.25) is 14.6 Å². The van der Waals surface area contributed by atoms with Crippen LogP contribution in [0.15, 0.2) is 78.9 Å². The lowest BCUT2D eigenvalue weighted by molar-refractivity contribution is -0.118. The maximum Gasteiger partial charge on any atom is 0.262 e. The fourth-order valence-electron chi connectivity index (χ4n) is 3.21. The van der Waals surface area contributed by atoms with Crippen LogP contribution in [-0.2, 0) is 4.79 Å². The molecule has 0 radical (unpaired) electrons. The Morgan fingerprint density at radius 1 is 0.875 bits per heavy atom. The van der Waals surface area contributed by atoms with Crippen molar-refractivity contribution in [1.82, 2.24) is 4.98 Å². The standard InChI is InChI=1S/C25H20FN3O3/c1-16-13-14-17-7-6-11-21(24(17)27-16)29-25(31)18-8-2-5-12-22(18)32-15-23(30)28-20-10-4-3-9-19(20)26/h2-14H,15H2,1H3,(H,28,30)(H,29,31). The van der Waals surface area contributed by atoms with E-state index in [1.165, 1.54) is 18.2 Å². The molecule has 0 saturated carbocycles. The summed E-state index contributed by atoms with van der Waals surface area (Å²) in [5.41, 5.74) is 2.41. The summed E-state index contributed by atoms with van der Waals surface area (Å²) in [6.45, 7) is 1.50. The highest BCUT2D eigenvalue weighted by Crippen LogP contribution is 2.24. The molecule has 3 aromatic carbocycles. The molecule has 0 atom stereocenters. The fraction of sp³-hybridized carbons (Fsp3) is 0.0800. The average molecular weight is 429 g/mol. The minimum absolute atomic E-state index is 0.0610. The molecule has 0 aliphatic rings. The summed E-state index contributed by atoms with van der Waals surface area (Å²) in [6, 6.07) is 21.8. The molecular formula is C25H20FN3O3. The number of aromatic nitrogens is 1. The second-order valence-corrected chi connectivity index (χ2v) is 7.10. The van der Waals surface area contributed by atoms with Gasteiger partial charge in [-0.2, -0.15) is 0 Å². The molecule has 1 heterocycles. The summed E-state index contributed by atoms with van der Waals surface area (Å²) >= 11 is 0. The van der Waals surface area contributed by atoms with Gasteiger partial charge in [-0.1, -0.05) is 42.5 Å². The molecule has 0 bridgehead atoms. The van der Waals surface area contributed by atoms with E-state index in [-0.39, 0.29) is 23.6 Å². The molecule has 0 aliphatic carbocycles. The number of fused-ring (bicyclic) bond motifs is 1. The maximum atomic E-state index is 13.7. The van der Waals surface area contributed by atoms with E-state index in [2.05, 4.69) is 15.6 Å². The van der Waals surface area contributed by atoms with E-state index in [0.717, 1.165) is 11.1 Å². The van der Waals surface area contributed by atoms with Crippen molar-refractivity contribution in [1.29, 1.82) is 0 Å². The van der Waals surface area contributed by atoms with Crippen molar-refractivity contribution in [2.45, 2.75) is 6.92 Å². The summed E-state index contributed by atoms with van der Waals surface area (Å²) in [5, 5.41) is 6.22. The number of amides is 2. The number of pyridine rings is 1. The number of anilines is 2. The van der Waals surface area contributed by atoms with Gasteiger partial charge >= 0.3 is 0 Å². The summed E-state index contributed by atoms with van der Waals surface area (Å²) in [4.78, 5) is 29.7. The second kappa shape index (κ2) is 9.26. The zero-order valence-corrected chi connectivity index (χ0v) is 17.3. The molecule has 32 heavy (non-hydrogen) atoms. The zero-order chi connectivity index (χ0) is 22.5. The van der Waals surface area contributed by atoms with E-state index in [9.17, 15) is 14.0 Å². The molecule has 4 aromatic rings. The van der Waals surface area contributed by atoms with Crippen molar-refractivity contribution >= 4 is 34.1 Å². The third-order valence-corrected chi connectivity index (χ3v) is 4.75. The van der Waals surface area contributed by atoms with E-state index < -0.39 is 17.6 Å². The first kappa shape index (κ1) is 21.0. The van der Waals surface area contributed by atoms with Crippen molar-refractivity contribution in [3.8, 4) is 5.75 Å². The number of hydrogen-bond donors (Lipinski definition) is 2. The predicted molar refractivity (Wildman–Crippen MR) is 121 cm³/mol. The number of ether oxygens (including phenoxy) is 1. The number of benzene rings is 3. The Hall–Kier alpha value is -4.26. The Balaban J connectivity index is 1.49. The van der Waals surface area contributed by atoms with E-state index in [4.69, 9.17) is 4.74 Å². The highest BCUT2D eigenvalue weighted by molar-refractivity contribution is 6.09. The maximum absolute atomic E-state index is 13.7. The van der Waals surface area contributed by atoms with Crippen LogP contribution >= 0.6 is 0 Å². The topological polar surface area (TPSA) is 80.3 Å². The van der Waals surface area contributed by atoms with Crippen molar-refractivity contribution in [2.75, 3.05) is 17.2 Å². The summed E-state index contributed by atoms with van der Waals surface area (Å²) in [5.74, 6) is -1.25. The van der Waals surface area contributed by atoms with E-state index in [1.54, 1.807) is 36.4 Å². The monoisotopic (exact) mass is 429 g/mol. The lowest BCUT2D eigenvalue weighted by Gasteiger charge is -2.13. The van der Waals surface area contributed by atoms with E-state index >= 15 is 0 Å². The van der Waals surface area contributed by atoms with Gasteiger partial charge in [-0.05, 0) is 43.3 Å². The zero-order valence-electron chi connectivity index (χ0n) is 17.3. The third kappa shape index (κ3) is 4.73. The lowest BCUT2D eigenvalue weighted by Crippen LogP contribution is -2.22. The third-order valence-electron chi connectivity index (χ3n) is 4.75. The summed E-state index contributed by atoms with van der Waals surface area (Å²) < 4.78 is 19.3. The van der Waals surface area contributed by atoms with Crippen LogP contribution in [0.4, 0.5) is 15.8 Å². The van der Waals surface area contributed by atoms with Gasteiger partial charge in [0.05, 0.1) is 22.5 Å². The Morgan fingerprint density at radius 3 is 2.47 bits per heavy atom. The van der Waals surface area contributed by atoms with Gasteiger partial charge < -0.3 is 15.4 Å². The van der Waals surface area contributed by atoms with Gasteiger partial charge in [0.15, 0.2) is 6.61 Å². The molecule has 160 valence electrons. The fourth-order valence-corrected chi connectivity index (χ4v) is 3.21. The summed E-state index contributed by atoms with van der Waals surface area (Å²) in [7, 11) is 0. The number of nitrogens with zero attached hydrogens (tertiary/aromatic N) is 1. The molecular weight excluding hydrogens is 409 g/mol. The first-order chi connectivity index (χ1) is 15.5. The first-order valence-corrected chi connectivity index (χ1v) is 9.95. The van der Waals surface area contributed by atoms with Crippen molar-refractivity contribution < 1.29 is 18.7 Å². The second-order valence-electron chi connectivity index (χ2n) is 7.10. The Labute approximate surface area is 184 Å². The number of para-hydroxylation sites is 3. The SMILES string of the molecule is Cc1ccc2cccc(NC(=O)c3ccccc3OCC(=O)Nc3ccccc3F)c2n1. The van der Waals surface area contributed by atoms with Crippen molar-refractivity contribution in [2.24, 2.45) is 0 Å². The molecule has 7 heteroatoms. The smallest absolute Gasteiger partial charge is 0.262 e. The molecule has 2 N–H and O–H groups in total. The number of aryl methyl sites for hydroxylation is 1. The van der Waals surface area contributed by atoms with E-state index in [1.807, 2.05) is 31.2 Å². The minimum Gasteiger partial charge on any atom is -0.483 e. The van der Waals surface area contributed by atoms with Crippen LogP contribution in [-0.4, -0.2) is 23.4 Å². The van der Waals surface area contributed by atoms with Gasteiger partial charge in [-0.25, -0.2) is 4.39 Å². The van der Waals surface area contributed by atoms with Crippen LogP contribution in [0.2, 0.25) is 0 Å². The summed E-state index contributed by atoms with van der Waals surface area (Å²) in [6.07, 6.45) is 0. The number of carbonyl (C=O) groups is 2. The Morgan fingerprint density at radius 2 is 1.62 bits per heavy atom. The molecule has 6 nitrogen and oxygen atoms in total. The number of halogens is 1. The van der Waals surface area contributed by atoms with Crippen LogP contribution in [0.5, 0.6) is 5.75 Å². The van der Waals surface area contributed by atoms with Crippen LogP contribution in [0.1, 0.15) is 16.1 Å². The minimum atomic E-state index is -0.543. The number of hydrogen-bond acceptors (Lipinski definition) is 4. The van der Waals surface area contributed by atoms with E-state index in [0.29, 0.717) is 11.2 Å². The normalized spacial score (nSPS) is 10.6. The highest BCUT2D eigenvalue weighted by Gasteiger charge is 2.15. The molecule has 0 aliphatic heterocycles. The van der Waals surface area contributed by atoms with Crippen LogP contribution in [0, 0.1) is 12.7 Å². The molecule has 0 unspecified atom stereocenters. The number of nitrogens with one attached hydrogen (secondary N) is 2. The van der Waals surface area contributed by atoms with Gasteiger partial charge in [0.1, 0.15) is 11.6 Å². The van der Waals surface area contributed by atoms with Gasteiger partial charge in [0.2, 0.25) is 0 Å². The Bertz CT molecular complexity index is 1310. The number of carbonyl (C=O) groups excluding carboxylic acids is 2. The van der Waals surface area contributed by atoms with Crippen LogP contribution in [0.3, 0.4) is 0 Å². The molecule has 0 spiro atoms. The molecule has 4 rings (SSSR count). The van der Waals surface area contributed by atoms with Crippen molar-refractivity contribution in [3.63, 3.8) is 0 Å². The average Bonchev–Trinajstić information content (AvgIpc) is 2.80. The van der Waals surface area contributed by atoms with Crippen LogP contribution in [0.25, 0.3) is 10.9 Å². The molecule has 0 saturated heterocycles. The largest absolute Gasteiger partial charge is 0.483 e. The molecule has 0 fully saturated rings. The molecule has 2 amide bonds. The quantitative estimate of drug-likeness (QED) is 0.454. The van der Waals surface area contributed by atoms with Gasteiger partial charge in [0, 0.05) is 11.1 Å². The van der Waals surface area contributed by atoms with Gasteiger partial charge in [0.25, 0.3) is 11.8 Å².